The summed E-state index contributed by atoms with van der Waals surface area (Å²) >= 11 is 0. The molecular weight excluding hydrogens is 264 g/mol. The molecule has 1 saturated carbocycles. The lowest BCUT2D eigenvalue weighted by atomic mass is 9.92. The van der Waals surface area contributed by atoms with Crippen LogP contribution >= 0.6 is 0 Å². The molecule has 5 nitrogen and oxygen atoms in total. The highest BCUT2D eigenvalue weighted by atomic mass is 16.5. The molecule has 1 aliphatic rings. The molecule has 2 aromatic heterocycles. The molecular formula is C16H24N4O. The molecule has 21 heavy (non-hydrogen) atoms. The van der Waals surface area contributed by atoms with Gasteiger partial charge in [0.05, 0.1) is 5.69 Å². The van der Waals surface area contributed by atoms with E-state index in [1.54, 1.807) is 6.20 Å². The largest absolute Gasteiger partial charge is 0.473 e. The van der Waals surface area contributed by atoms with Crippen molar-refractivity contribution in [3.8, 4) is 5.88 Å². The first-order chi connectivity index (χ1) is 9.93. The Bertz CT molecular complexity index is 621. The van der Waals surface area contributed by atoms with Gasteiger partial charge in [-0.15, -0.1) is 0 Å². The highest BCUT2D eigenvalue weighted by Gasteiger charge is 2.23. The van der Waals surface area contributed by atoms with Crippen LogP contribution in [0.1, 0.15) is 52.1 Å². The summed E-state index contributed by atoms with van der Waals surface area (Å²) in [7, 11) is 0. The summed E-state index contributed by atoms with van der Waals surface area (Å²) in [6.45, 7) is 6.47. The quantitative estimate of drug-likeness (QED) is 0.922. The highest BCUT2D eigenvalue weighted by molar-refractivity contribution is 5.57. The molecule has 0 atom stereocenters. The molecule has 0 spiro atoms. The van der Waals surface area contributed by atoms with Gasteiger partial charge in [0.15, 0.2) is 0 Å². The molecule has 0 aromatic carbocycles. The van der Waals surface area contributed by atoms with Crippen molar-refractivity contribution in [2.45, 2.75) is 64.0 Å². The van der Waals surface area contributed by atoms with Crippen LogP contribution in [0.15, 0.2) is 18.5 Å². The van der Waals surface area contributed by atoms with Crippen LogP contribution in [0.4, 0.5) is 0 Å². The number of nitrogens with two attached hydrogens (primary N) is 1. The van der Waals surface area contributed by atoms with Crippen molar-refractivity contribution in [2.24, 2.45) is 5.73 Å². The van der Waals surface area contributed by atoms with E-state index in [4.69, 9.17) is 10.5 Å². The van der Waals surface area contributed by atoms with Crippen LogP contribution in [-0.4, -0.2) is 26.7 Å². The maximum Gasteiger partial charge on any atom is 0.240 e. The normalized spacial score (nSPS) is 23.4. The van der Waals surface area contributed by atoms with Gasteiger partial charge in [-0.3, -0.25) is 0 Å². The van der Waals surface area contributed by atoms with Gasteiger partial charge in [-0.1, -0.05) is 20.8 Å². The van der Waals surface area contributed by atoms with Gasteiger partial charge in [0.2, 0.25) is 5.88 Å². The molecule has 0 aliphatic heterocycles. The second kappa shape index (κ2) is 5.30. The van der Waals surface area contributed by atoms with Crippen molar-refractivity contribution in [3.05, 3.63) is 24.2 Å². The SMILES string of the molecule is CC(C)(C)c1cc2c(OC3CCC(N)CC3)nccn2n1. The van der Waals surface area contributed by atoms with Gasteiger partial charge in [-0.2, -0.15) is 5.10 Å². The third-order valence-corrected chi connectivity index (χ3v) is 4.12. The van der Waals surface area contributed by atoms with Crippen molar-refractivity contribution < 1.29 is 4.74 Å². The second-order valence-electron chi connectivity index (χ2n) is 7.00. The third kappa shape index (κ3) is 3.02. The van der Waals surface area contributed by atoms with E-state index in [9.17, 15) is 0 Å². The molecule has 3 rings (SSSR count). The molecule has 1 fully saturated rings. The Labute approximate surface area is 125 Å². The number of aromatic nitrogens is 3. The lowest BCUT2D eigenvalue weighted by Crippen LogP contribution is -2.31. The number of fused-ring (bicyclic) bond motifs is 1. The third-order valence-electron chi connectivity index (χ3n) is 4.12. The topological polar surface area (TPSA) is 65.4 Å². The Morgan fingerprint density at radius 1 is 1.24 bits per heavy atom. The fourth-order valence-electron chi connectivity index (χ4n) is 2.72. The minimum atomic E-state index is 0.0148. The summed E-state index contributed by atoms with van der Waals surface area (Å²) in [5.74, 6) is 0.681. The molecule has 2 aromatic rings. The zero-order valence-corrected chi connectivity index (χ0v) is 13.0. The maximum atomic E-state index is 6.12. The lowest BCUT2D eigenvalue weighted by molar-refractivity contribution is 0.142. The molecule has 0 unspecified atom stereocenters. The predicted octanol–water partition coefficient (Wildman–Crippen LogP) is 2.68. The highest BCUT2D eigenvalue weighted by Crippen LogP contribution is 2.28. The molecule has 2 heterocycles. The fraction of sp³-hybridized carbons (Fsp3) is 0.625. The fourth-order valence-corrected chi connectivity index (χ4v) is 2.72. The second-order valence-corrected chi connectivity index (χ2v) is 7.00. The van der Waals surface area contributed by atoms with Gasteiger partial charge < -0.3 is 10.5 Å². The average Bonchev–Trinajstić information content (AvgIpc) is 2.86. The molecule has 2 N–H and O–H groups in total. The maximum absolute atomic E-state index is 6.12. The summed E-state index contributed by atoms with van der Waals surface area (Å²) in [6.07, 6.45) is 7.90. The van der Waals surface area contributed by atoms with Crippen molar-refractivity contribution in [3.63, 3.8) is 0 Å². The van der Waals surface area contributed by atoms with E-state index in [1.807, 2.05) is 10.7 Å². The van der Waals surface area contributed by atoms with E-state index in [0.29, 0.717) is 11.9 Å². The summed E-state index contributed by atoms with van der Waals surface area (Å²) in [4.78, 5) is 4.40. The smallest absolute Gasteiger partial charge is 0.240 e. The van der Waals surface area contributed by atoms with E-state index in [0.717, 1.165) is 36.9 Å². The first-order valence-electron chi connectivity index (χ1n) is 7.70. The predicted molar refractivity (Wildman–Crippen MR) is 82.5 cm³/mol. The Balaban J connectivity index is 1.86. The first kappa shape index (κ1) is 14.3. The minimum Gasteiger partial charge on any atom is -0.473 e. The minimum absolute atomic E-state index is 0.0148. The molecule has 1 aliphatic carbocycles. The number of nitrogens with zero attached hydrogens (tertiary/aromatic N) is 3. The Morgan fingerprint density at radius 2 is 1.95 bits per heavy atom. The van der Waals surface area contributed by atoms with E-state index >= 15 is 0 Å². The molecule has 5 heteroatoms. The number of rotatable bonds is 2. The van der Waals surface area contributed by atoms with Gasteiger partial charge in [0.25, 0.3) is 0 Å². The van der Waals surface area contributed by atoms with Crippen molar-refractivity contribution in [1.82, 2.24) is 14.6 Å². The van der Waals surface area contributed by atoms with Gasteiger partial charge in [0, 0.05) is 23.9 Å². The zero-order chi connectivity index (χ0) is 15.0. The van der Waals surface area contributed by atoms with Gasteiger partial charge in [-0.05, 0) is 31.7 Å². The van der Waals surface area contributed by atoms with Crippen molar-refractivity contribution >= 4 is 5.52 Å². The number of ether oxygens (including phenoxy) is 1. The van der Waals surface area contributed by atoms with Crippen LogP contribution in [0.3, 0.4) is 0 Å². The summed E-state index contributed by atoms with van der Waals surface area (Å²) < 4.78 is 7.97. The first-order valence-corrected chi connectivity index (χ1v) is 7.70. The molecule has 0 radical (unpaired) electrons. The summed E-state index contributed by atoms with van der Waals surface area (Å²) in [5.41, 5.74) is 7.95. The summed E-state index contributed by atoms with van der Waals surface area (Å²) in [5, 5.41) is 4.63. The van der Waals surface area contributed by atoms with E-state index < -0.39 is 0 Å². The van der Waals surface area contributed by atoms with E-state index in [1.165, 1.54) is 0 Å². The Hall–Kier alpha value is -1.62. The van der Waals surface area contributed by atoms with Gasteiger partial charge in [-0.25, -0.2) is 9.50 Å². The van der Waals surface area contributed by atoms with Crippen LogP contribution in [0.2, 0.25) is 0 Å². The van der Waals surface area contributed by atoms with Crippen molar-refractivity contribution in [1.29, 1.82) is 0 Å². The van der Waals surface area contributed by atoms with Crippen LogP contribution in [-0.2, 0) is 5.41 Å². The molecule has 0 bridgehead atoms. The average molecular weight is 288 g/mol. The Morgan fingerprint density at radius 3 is 2.62 bits per heavy atom. The monoisotopic (exact) mass is 288 g/mol. The van der Waals surface area contributed by atoms with Crippen LogP contribution in [0, 0.1) is 0 Å². The molecule has 0 amide bonds. The summed E-state index contributed by atoms with van der Waals surface area (Å²) in [6, 6.07) is 2.41. The zero-order valence-electron chi connectivity index (χ0n) is 13.0. The van der Waals surface area contributed by atoms with Crippen LogP contribution < -0.4 is 10.5 Å². The van der Waals surface area contributed by atoms with Gasteiger partial charge in [0.1, 0.15) is 11.6 Å². The molecule has 0 saturated heterocycles. The van der Waals surface area contributed by atoms with Gasteiger partial charge >= 0.3 is 0 Å². The lowest BCUT2D eigenvalue weighted by Gasteiger charge is -2.26. The Kier molecular flexibility index (Phi) is 3.61. The van der Waals surface area contributed by atoms with E-state index in [-0.39, 0.29) is 11.5 Å². The number of hydrogen-bond donors (Lipinski definition) is 1. The van der Waals surface area contributed by atoms with Crippen LogP contribution in [0.25, 0.3) is 5.52 Å². The van der Waals surface area contributed by atoms with E-state index in [2.05, 4.69) is 36.9 Å². The standard InChI is InChI=1S/C16H24N4O/c1-16(2,3)14-10-13-15(18-8-9-20(13)19-14)21-12-6-4-11(17)5-7-12/h8-12H,4-7,17H2,1-3H3. The number of hydrogen-bond acceptors (Lipinski definition) is 4. The van der Waals surface area contributed by atoms with Crippen molar-refractivity contribution in [2.75, 3.05) is 0 Å². The molecule has 114 valence electrons. The van der Waals surface area contributed by atoms with Crippen LogP contribution in [0.5, 0.6) is 5.88 Å².